The fourth-order valence-electron chi connectivity index (χ4n) is 2.87. The van der Waals surface area contributed by atoms with Crippen molar-refractivity contribution >= 4 is 49.3 Å². The molecule has 0 aliphatic rings. The summed E-state index contributed by atoms with van der Waals surface area (Å²) < 4.78 is 17.7. The summed E-state index contributed by atoms with van der Waals surface area (Å²) in [5.41, 5.74) is 1.51. The van der Waals surface area contributed by atoms with Gasteiger partial charge in [0.05, 0.1) is 34.7 Å². The van der Waals surface area contributed by atoms with Gasteiger partial charge in [0.2, 0.25) is 0 Å². The first-order valence-corrected chi connectivity index (χ1v) is 9.20. The van der Waals surface area contributed by atoms with Gasteiger partial charge in [-0.3, -0.25) is 9.97 Å². The van der Waals surface area contributed by atoms with E-state index in [9.17, 15) is 0 Å². The molecule has 0 N–H and O–H groups in total. The molecule has 5 nitrogen and oxygen atoms in total. The van der Waals surface area contributed by atoms with Crippen molar-refractivity contribution in [3.63, 3.8) is 0 Å². The van der Waals surface area contributed by atoms with Crippen molar-refractivity contribution in [1.29, 1.82) is 0 Å². The van der Waals surface area contributed by atoms with E-state index in [1.165, 1.54) is 0 Å². The van der Waals surface area contributed by atoms with Crippen LogP contribution in [0.25, 0.3) is 21.8 Å². The number of ether oxygens (including phenoxy) is 3. The fraction of sp³-hybridized carbons (Fsp3) is 0.100. The Bertz CT molecular complexity index is 1170. The zero-order chi connectivity index (χ0) is 19.0. The summed E-state index contributed by atoms with van der Waals surface area (Å²) in [6.45, 7) is 0. The number of aromatic nitrogens is 2. The Morgan fingerprint density at radius 3 is 2.33 bits per heavy atom. The second-order valence-electron chi connectivity index (χ2n) is 5.71. The first-order valence-electron chi connectivity index (χ1n) is 8.03. The monoisotopic (exact) mass is 444 g/mol. The van der Waals surface area contributed by atoms with Gasteiger partial charge in [-0.1, -0.05) is 11.6 Å². The number of rotatable bonds is 4. The highest BCUT2D eigenvalue weighted by Crippen LogP contribution is 2.43. The van der Waals surface area contributed by atoms with Crippen LogP contribution in [0.4, 0.5) is 0 Å². The fourth-order valence-corrected chi connectivity index (χ4v) is 3.78. The molecule has 0 aliphatic heterocycles. The van der Waals surface area contributed by atoms with Gasteiger partial charge in [-0.05, 0) is 46.3 Å². The summed E-state index contributed by atoms with van der Waals surface area (Å²) in [6, 6.07) is 11.0. The van der Waals surface area contributed by atoms with Crippen LogP contribution in [0.15, 0.2) is 53.3 Å². The minimum absolute atomic E-state index is 0.484. The third-order valence-corrected chi connectivity index (χ3v) is 5.14. The van der Waals surface area contributed by atoms with Crippen LogP contribution in [0.1, 0.15) is 0 Å². The van der Waals surface area contributed by atoms with E-state index in [-0.39, 0.29) is 0 Å². The highest BCUT2D eigenvalue weighted by atomic mass is 79.9. The van der Waals surface area contributed by atoms with Crippen molar-refractivity contribution in [2.75, 3.05) is 14.2 Å². The second kappa shape index (κ2) is 7.21. The zero-order valence-corrected chi connectivity index (χ0v) is 16.8. The standard InChI is InChI=1S/C20H14BrClN2O3/c1-25-17-8-12-15(10-18(17)26-2)24-7-5-16(12)27-20-13(21)9-14-11(19(20)22)4-3-6-23-14/h3-10H,1-2H3. The van der Waals surface area contributed by atoms with Crippen molar-refractivity contribution in [2.45, 2.75) is 0 Å². The lowest BCUT2D eigenvalue weighted by Crippen LogP contribution is -1.94. The highest BCUT2D eigenvalue weighted by molar-refractivity contribution is 9.10. The summed E-state index contributed by atoms with van der Waals surface area (Å²) in [5.74, 6) is 2.31. The number of pyridine rings is 2. The number of hydrogen-bond donors (Lipinski definition) is 0. The number of nitrogens with zero attached hydrogens (tertiary/aromatic N) is 2. The quantitative estimate of drug-likeness (QED) is 0.385. The van der Waals surface area contributed by atoms with Crippen LogP contribution in [0.2, 0.25) is 5.02 Å². The van der Waals surface area contributed by atoms with Crippen LogP contribution < -0.4 is 14.2 Å². The predicted octanol–water partition coefficient (Wildman–Crippen LogP) is 6.01. The minimum Gasteiger partial charge on any atom is -0.493 e. The van der Waals surface area contributed by atoms with Gasteiger partial charge in [0.1, 0.15) is 5.75 Å². The lowest BCUT2D eigenvalue weighted by molar-refractivity contribution is 0.355. The van der Waals surface area contributed by atoms with E-state index in [1.807, 2.05) is 30.3 Å². The molecule has 0 fully saturated rings. The Morgan fingerprint density at radius 2 is 1.56 bits per heavy atom. The maximum atomic E-state index is 6.60. The molecule has 27 heavy (non-hydrogen) atoms. The molecular formula is C20H14BrClN2O3. The normalized spacial score (nSPS) is 11.0. The summed E-state index contributed by atoms with van der Waals surface area (Å²) in [5, 5.41) is 2.08. The van der Waals surface area contributed by atoms with Crippen molar-refractivity contribution < 1.29 is 14.2 Å². The van der Waals surface area contributed by atoms with Gasteiger partial charge < -0.3 is 14.2 Å². The molecular weight excluding hydrogens is 432 g/mol. The lowest BCUT2D eigenvalue weighted by Gasteiger charge is -2.14. The topological polar surface area (TPSA) is 53.5 Å². The van der Waals surface area contributed by atoms with Crippen molar-refractivity contribution in [1.82, 2.24) is 9.97 Å². The van der Waals surface area contributed by atoms with Crippen LogP contribution in [-0.2, 0) is 0 Å². The number of methoxy groups -OCH3 is 2. The zero-order valence-electron chi connectivity index (χ0n) is 14.5. The molecule has 4 aromatic rings. The summed E-state index contributed by atoms with van der Waals surface area (Å²) in [6.07, 6.45) is 3.40. The van der Waals surface area contributed by atoms with Gasteiger partial charge >= 0.3 is 0 Å². The Kier molecular flexibility index (Phi) is 4.76. The Morgan fingerprint density at radius 1 is 0.852 bits per heavy atom. The van der Waals surface area contributed by atoms with Gasteiger partial charge in [-0.15, -0.1) is 0 Å². The van der Waals surface area contributed by atoms with E-state index in [0.717, 1.165) is 21.8 Å². The van der Waals surface area contributed by atoms with E-state index in [4.69, 9.17) is 25.8 Å². The van der Waals surface area contributed by atoms with Crippen molar-refractivity contribution in [3.8, 4) is 23.0 Å². The van der Waals surface area contributed by atoms with Crippen molar-refractivity contribution in [3.05, 3.63) is 58.3 Å². The lowest BCUT2D eigenvalue weighted by atomic mass is 10.1. The molecule has 0 unspecified atom stereocenters. The second-order valence-corrected chi connectivity index (χ2v) is 6.94. The molecule has 2 aromatic heterocycles. The van der Waals surface area contributed by atoms with Crippen LogP contribution in [0.5, 0.6) is 23.0 Å². The van der Waals surface area contributed by atoms with Gasteiger partial charge in [0.15, 0.2) is 17.2 Å². The maximum absolute atomic E-state index is 6.60. The molecule has 4 rings (SSSR count). The maximum Gasteiger partial charge on any atom is 0.162 e. The molecule has 7 heteroatoms. The number of halogens is 2. The molecule has 0 spiro atoms. The largest absolute Gasteiger partial charge is 0.493 e. The highest BCUT2D eigenvalue weighted by Gasteiger charge is 2.16. The molecule has 2 heterocycles. The Hall–Kier alpha value is -2.57. The van der Waals surface area contributed by atoms with Crippen molar-refractivity contribution in [2.24, 2.45) is 0 Å². The SMILES string of the molecule is COc1cc2nccc(Oc3c(Br)cc4ncccc4c3Cl)c2cc1OC. The van der Waals surface area contributed by atoms with Crippen LogP contribution >= 0.6 is 27.5 Å². The molecule has 0 aliphatic carbocycles. The molecule has 136 valence electrons. The first-order chi connectivity index (χ1) is 13.1. The summed E-state index contributed by atoms with van der Waals surface area (Å²) >= 11 is 10.1. The summed E-state index contributed by atoms with van der Waals surface area (Å²) in [7, 11) is 3.18. The number of fused-ring (bicyclic) bond motifs is 2. The molecule has 0 saturated heterocycles. The summed E-state index contributed by atoms with van der Waals surface area (Å²) in [4.78, 5) is 8.72. The third-order valence-electron chi connectivity index (χ3n) is 4.17. The van der Waals surface area contributed by atoms with Gasteiger partial charge in [-0.25, -0.2) is 0 Å². The molecule has 0 radical (unpaired) electrons. The van der Waals surface area contributed by atoms with Crippen LogP contribution in [0.3, 0.4) is 0 Å². The third kappa shape index (κ3) is 3.15. The van der Waals surface area contributed by atoms with E-state index < -0.39 is 0 Å². The van der Waals surface area contributed by atoms with E-state index in [0.29, 0.717) is 32.5 Å². The van der Waals surface area contributed by atoms with E-state index >= 15 is 0 Å². The first kappa shape index (κ1) is 17.8. The molecule has 0 bridgehead atoms. The Balaban J connectivity index is 1.88. The van der Waals surface area contributed by atoms with Gasteiger partial charge in [0.25, 0.3) is 0 Å². The average Bonchev–Trinajstić information content (AvgIpc) is 2.70. The minimum atomic E-state index is 0.484. The number of benzene rings is 2. The molecule has 2 aromatic carbocycles. The van der Waals surface area contributed by atoms with Gasteiger partial charge in [-0.2, -0.15) is 0 Å². The van der Waals surface area contributed by atoms with Crippen LogP contribution in [0, 0.1) is 0 Å². The van der Waals surface area contributed by atoms with E-state index in [2.05, 4.69) is 25.9 Å². The Labute approximate surface area is 169 Å². The smallest absolute Gasteiger partial charge is 0.162 e. The van der Waals surface area contributed by atoms with Gasteiger partial charge in [0, 0.05) is 29.2 Å². The predicted molar refractivity (Wildman–Crippen MR) is 109 cm³/mol. The molecule has 0 atom stereocenters. The average molecular weight is 446 g/mol. The van der Waals surface area contributed by atoms with Crippen LogP contribution in [-0.4, -0.2) is 24.2 Å². The number of hydrogen-bond acceptors (Lipinski definition) is 5. The molecule has 0 saturated carbocycles. The van der Waals surface area contributed by atoms with E-state index in [1.54, 1.807) is 32.7 Å². The molecule has 0 amide bonds.